The number of nitrogens with two attached hydrogens (primary N) is 1. The van der Waals surface area contributed by atoms with Crippen molar-refractivity contribution in [2.24, 2.45) is 5.41 Å². The van der Waals surface area contributed by atoms with Gasteiger partial charge in [-0.2, -0.15) is 0 Å². The van der Waals surface area contributed by atoms with Crippen LogP contribution in [0.2, 0.25) is 5.02 Å². The number of carbonyl (C=O) groups excluding carboxylic acids is 1. The van der Waals surface area contributed by atoms with Crippen LogP contribution in [0.25, 0.3) is 0 Å². The lowest BCUT2D eigenvalue weighted by Gasteiger charge is -2.37. The Bertz CT molecular complexity index is 674. The molecular formula is C17H24ClN5O3. The molecule has 4 rings (SSSR count). The molecule has 0 saturated carbocycles. The molecule has 0 aromatic carbocycles. The van der Waals surface area contributed by atoms with Gasteiger partial charge in [-0.05, 0) is 12.8 Å². The first-order chi connectivity index (χ1) is 12.6. The van der Waals surface area contributed by atoms with Crippen molar-refractivity contribution in [1.29, 1.82) is 0 Å². The van der Waals surface area contributed by atoms with Gasteiger partial charge in [-0.3, -0.25) is 9.69 Å². The van der Waals surface area contributed by atoms with Crippen molar-refractivity contribution in [3.63, 3.8) is 0 Å². The Morgan fingerprint density at radius 2 is 1.96 bits per heavy atom. The van der Waals surface area contributed by atoms with Crippen LogP contribution in [0.3, 0.4) is 0 Å². The second-order valence-corrected chi connectivity index (χ2v) is 7.69. The van der Waals surface area contributed by atoms with Crippen molar-refractivity contribution < 1.29 is 14.3 Å². The van der Waals surface area contributed by atoms with Crippen LogP contribution in [-0.4, -0.2) is 72.9 Å². The highest BCUT2D eigenvalue weighted by molar-refractivity contribution is 6.35. The minimum Gasteiger partial charge on any atom is -0.461 e. The van der Waals surface area contributed by atoms with Gasteiger partial charge in [0.15, 0.2) is 5.82 Å². The quantitative estimate of drug-likeness (QED) is 0.773. The molecule has 4 heterocycles. The summed E-state index contributed by atoms with van der Waals surface area (Å²) >= 11 is 6.24. The molecular weight excluding hydrogens is 358 g/mol. The monoisotopic (exact) mass is 381 g/mol. The molecule has 0 bridgehead atoms. The number of halogens is 1. The van der Waals surface area contributed by atoms with Crippen LogP contribution in [0.1, 0.15) is 19.3 Å². The fourth-order valence-corrected chi connectivity index (χ4v) is 4.38. The van der Waals surface area contributed by atoms with Crippen molar-refractivity contribution >= 4 is 29.2 Å². The normalized spacial score (nSPS) is 26.3. The van der Waals surface area contributed by atoms with E-state index in [4.69, 9.17) is 26.8 Å². The summed E-state index contributed by atoms with van der Waals surface area (Å²) in [6.07, 6.45) is 3.67. The maximum absolute atomic E-state index is 12.6. The average Bonchev–Trinajstić information content (AvgIpc) is 2.94. The van der Waals surface area contributed by atoms with E-state index < -0.39 is 0 Å². The largest absolute Gasteiger partial charge is 0.461 e. The number of carbonyl (C=O) groups is 1. The summed E-state index contributed by atoms with van der Waals surface area (Å²) in [5, 5.41) is 0.377. The van der Waals surface area contributed by atoms with Crippen molar-refractivity contribution in [3.05, 3.63) is 11.3 Å². The third-order valence-corrected chi connectivity index (χ3v) is 6.07. The van der Waals surface area contributed by atoms with E-state index in [0.717, 1.165) is 52.1 Å². The van der Waals surface area contributed by atoms with E-state index >= 15 is 0 Å². The van der Waals surface area contributed by atoms with Crippen molar-refractivity contribution in [2.45, 2.75) is 25.4 Å². The van der Waals surface area contributed by atoms with Gasteiger partial charge in [0.1, 0.15) is 23.3 Å². The highest BCUT2D eigenvalue weighted by Gasteiger charge is 2.50. The van der Waals surface area contributed by atoms with Crippen LogP contribution >= 0.6 is 11.6 Å². The van der Waals surface area contributed by atoms with E-state index in [2.05, 4.69) is 19.8 Å². The molecule has 3 saturated heterocycles. The summed E-state index contributed by atoms with van der Waals surface area (Å²) < 4.78 is 11.1. The predicted molar refractivity (Wildman–Crippen MR) is 97.1 cm³/mol. The number of rotatable bonds is 3. The first-order valence-corrected chi connectivity index (χ1v) is 9.47. The van der Waals surface area contributed by atoms with Crippen LogP contribution in [0.4, 0.5) is 11.6 Å². The van der Waals surface area contributed by atoms with Crippen LogP contribution in [-0.2, 0) is 14.3 Å². The Labute approximate surface area is 157 Å². The van der Waals surface area contributed by atoms with Crippen molar-refractivity contribution in [1.82, 2.24) is 14.9 Å². The maximum atomic E-state index is 12.6. The van der Waals surface area contributed by atoms with Gasteiger partial charge in [0, 0.05) is 39.1 Å². The van der Waals surface area contributed by atoms with Gasteiger partial charge in [-0.25, -0.2) is 9.97 Å². The van der Waals surface area contributed by atoms with Gasteiger partial charge in [0.25, 0.3) is 0 Å². The number of esters is 1. The summed E-state index contributed by atoms with van der Waals surface area (Å²) in [6, 6.07) is 0. The smallest absolute Gasteiger partial charge is 0.312 e. The fourth-order valence-electron chi connectivity index (χ4n) is 4.16. The van der Waals surface area contributed by atoms with Crippen molar-refractivity contribution in [3.8, 4) is 0 Å². The first-order valence-electron chi connectivity index (χ1n) is 9.09. The number of nitrogen functional groups attached to an aromatic ring is 1. The molecule has 26 heavy (non-hydrogen) atoms. The number of cyclic esters (lactones) is 1. The first kappa shape index (κ1) is 17.8. The third kappa shape index (κ3) is 3.33. The number of piperidine rings is 1. The Kier molecular flexibility index (Phi) is 4.90. The SMILES string of the molecule is Nc1ncnc(N2CCC3(CC2)CC(CN2CCOCC2)OC3=O)c1Cl. The van der Waals surface area contributed by atoms with Crippen LogP contribution < -0.4 is 10.6 Å². The highest BCUT2D eigenvalue weighted by atomic mass is 35.5. The molecule has 3 aliphatic rings. The lowest BCUT2D eigenvalue weighted by Crippen LogP contribution is -2.43. The van der Waals surface area contributed by atoms with Gasteiger partial charge in [-0.1, -0.05) is 11.6 Å². The number of morpholine rings is 1. The van der Waals surface area contributed by atoms with E-state index in [1.807, 2.05) is 0 Å². The zero-order valence-electron chi connectivity index (χ0n) is 14.7. The summed E-state index contributed by atoms with van der Waals surface area (Å²) in [5.41, 5.74) is 5.40. The molecule has 0 amide bonds. The standard InChI is InChI=1S/C17H24ClN5O3/c18-13-14(19)20-11-21-15(13)23-3-1-17(2-4-23)9-12(26-16(17)24)10-22-5-7-25-8-6-22/h11-12H,1-10H2,(H2,19,20,21). The minimum atomic E-state index is -0.376. The number of ether oxygens (including phenoxy) is 2. The lowest BCUT2D eigenvalue weighted by atomic mass is 9.76. The number of hydrogen-bond donors (Lipinski definition) is 1. The van der Waals surface area contributed by atoms with Gasteiger partial charge in [-0.15, -0.1) is 0 Å². The molecule has 9 heteroatoms. The van der Waals surface area contributed by atoms with E-state index in [1.165, 1.54) is 6.33 Å². The van der Waals surface area contributed by atoms with Gasteiger partial charge in [0.05, 0.1) is 18.6 Å². The van der Waals surface area contributed by atoms with E-state index in [1.54, 1.807) is 0 Å². The van der Waals surface area contributed by atoms with Gasteiger partial charge < -0.3 is 20.1 Å². The van der Waals surface area contributed by atoms with E-state index in [0.29, 0.717) is 23.9 Å². The lowest BCUT2D eigenvalue weighted by molar-refractivity contribution is -0.150. The molecule has 1 aromatic heterocycles. The predicted octanol–water partition coefficient (Wildman–Crippen LogP) is 0.946. The Morgan fingerprint density at radius 3 is 2.69 bits per heavy atom. The van der Waals surface area contributed by atoms with Gasteiger partial charge >= 0.3 is 5.97 Å². The molecule has 0 aliphatic carbocycles. The summed E-state index contributed by atoms with van der Waals surface area (Å²) in [7, 11) is 0. The van der Waals surface area contributed by atoms with E-state index in [-0.39, 0.29) is 23.3 Å². The number of hydrogen-bond acceptors (Lipinski definition) is 8. The Morgan fingerprint density at radius 1 is 1.23 bits per heavy atom. The van der Waals surface area contributed by atoms with Crippen LogP contribution in [0.15, 0.2) is 6.33 Å². The summed E-state index contributed by atoms with van der Waals surface area (Å²) in [5.74, 6) is 0.872. The maximum Gasteiger partial charge on any atom is 0.312 e. The molecule has 1 atom stereocenters. The topological polar surface area (TPSA) is 93.8 Å². The zero-order valence-corrected chi connectivity index (χ0v) is 15.5. The summed E-state index contributed by atoms with van der Waals surface area (Å²) in [4.78, 5) is 25.2. The van der Waals surface area contributed by atoms with E-state index in [9.17, 15) is 4.79 Å². The third-order valence-electron chi connectivity index (χ3n) is 5.71. The molecule has 1 unspecified atom stereocenters. The van der Waals surface area contributed by atoms with Crippen molar-refractivity contribution in [2.75, 3.05) is 56.6 Å². The second-order valence-electron chi connectivity index (χ2n) is 7.31. The average molecular weight is 382 g/mol. The molecule has 2 N–H and O–H groups in total. The molecule has 3 fully saturated rings. The second kappa shape index (κ2) is 7.17. The molecule has 1 aromatic rings. The molecule has 8 nitrogen and oxygen atoms in total. The molecule has 0 radical (unpaired) electrons. The Balaban J connectivity index is 1.38. The highest BCUT2D eigenvalue weighted by Crippen LogP contribution is 2.44. The number of aromatic nitrogens is 2. The van der Waals surface area contributed by atoms with Gasteiger partial charge in [0.2, 0.25) is 0 Å². The van der Waals surface area contributed by atoms with Crippen LogP contribution in [0.5, 0.6) is 0 Å². The minimum absolute atomic E-state index is 0.0227. The fraction of sp³-hybridized carbons (Fsp3) is 0.706. The molecule has 3 aliphatic heterocycles. The number of anilines is 2. The zero-order chi connectivity index (χ0) is 18.1. The molecule has 142 valence electrons. The summed E-state index contributed by atoms with van der Waals surface area (Å²) in [6.45, 7) is 5.53. The Hall–Kier alpha value is -1.64. The molecule has 1 spiro atoms. The number of nitrogens with zero attached hydrogens (tertiary/aromatic N) is 4. The van der Waals surface area contributed by atoms with Crippen LogP contribution in [0, 0.1) is 5.41 Å².